The number of aromatic nitrogens is 11. The molecule has 1 spiro atoms. The van der Waals surface area contributed by atoms with Gasteiger partial charge in [0.1, 0.15) is 58.0 Å². The van der Waals surface area contributed by atoms with Crippen molar-refractivity contribution in [3.63, 3.8) is 0 Å². The van der Waals surface area contributed by atoms with Crippen molar-refractivity contribution in [1.82, 2.24) is 74.2 Å². The number of rotatable bonds is 31. The van der Waals surface area contributed by atoms with Crippen LogP contribution < -0.4 is 68.7 Å². The Balaban J connectivity index is 0.000000157. The first-order valence-electron chi connectivity index (χ1n) is 49.6. The fraction of sp³-hybridized carbons (Fsp3) is 0.400. The van der Waals surface area contributed by atoms with Gasteiger partial charge in [-0.2, -0.15) is 35.5 Å². The number of nitrogens with one attached hydrogen (secondary N) is 7. The second kappa shape index (κ2) is 48.9. The number of H-pyrrole nitrogens is 3. The van der Waals surface area contributed by atoms with E-state index in [9.17, 15) is 66.4 Å². The number of nitrogens with zero attached hydrogens (tertiary/aromatic N) is 12. The van der Waals surface area contributed by atoms with E-state index in [1.165, 1.54) is 105 Å². The van der Waals surface area contributed by atoms with Gasteiger partial charge in [0.2, 0.25) is 5.88 Å². The van der Waals surface area contributed by atoms with E-state index < -0.39 is 85.8 Å². The van der Waals surface area contributed by atoms with Gasteiger partial charge in [0, 0.05) is 105 Å². The summed E-state index contributed by atoms with van der Waals surface area (Å²) in [4.78, 5) is 102. The molecule has 44 heteroatoms. The summed E-state index contributed by atoms with van der Waals surface area (Å²) in [5, 5.41) is 11.7. The van der Waals surface area contributed by atoms with Crippen LogP contribution in [0, 0.1) is 52.6 Å². The molecule has 792 valence electrons. The monoisotopic (exact) mass is 2140 g/mol. The van der Waals surface area contributed by atoms with Crippen LogP contribution in [0.15, 0.2) is 207 Å². The van der Waals surface area contributed by atoms with Crippen molar-refractivity contribution in [1.29, 1.82) is 0 Å². The zero-order valence-corrected chi connectivity index (χ0v) is 88.8. The van der Waals surface area contributed by atoms with E-state index in [1.54, 1.807) is 79.0 Å². The van der Waals surface area contributed by atoms with Gasteiger partial charge in [-0.3, -0.25) is 34.2 Å². The van der Waals surface area contributed by atoms with Gasteiger partial charge in [-0.15, -0.1) is 0 Å². The van der Waals surface area contributed by atoms with Crippen LogP contribution in [0.5, 0.6) is 23.1 Å². The third-order valence-electron chi connectivity index (χ3n) is 25.4. The van der Waals surface area contributed by atoms with E-state index in [2.05, 4.69) is 70.3 Å². The molecule has 4 saturated heterocycles. The highest BCUT2D eigenvalue weighted by Crippen LogP contribution is 2.50. The zero-order valence-electron chi connectivity index (χ0n) is 84.8. The van der Waals surface area contributed by atoms with Crippen LogP contribution in [0.2, 0.25) is 5.02 Å². The summed E-state index contributed by atoms with van der Waals surface area (Å²) in [5.74, 6) is 1.36. The lowest BCUT2D eigenvalue weighted by Crippen LogP contribution is -2.44. The van der Waals surface area contributed by atoms with Crippen LogP contribution in [-0.2, 0) is 40.1 Å². The molecule has 2 unspecified atom stereocenters. The molecule has 3 aromatic carbocycles. The molecule has 12 aromatic rings. The summed E-state index contributed by atoms with van der Waals surface area (Å²) in [5.41, 5.74) is 10.3. The van der Waals surface area contributed by atoms with Crippen LogP contribution in [0.25, 0.3) is 45.0 Å². The molecule has 1 aliphatic carbocycles. The molecule has 2 atom stereocenters. The Labute approximate surface area is 871 Å². The number of ether oxygens (including phenoxy) is 4. The Morgan fingerprint density at radius 2 is 0.913 bits per heavy atom. The highest BCUT2D eigenvalue weighted by atomic mass is 35.5. The largest absolute Gasteiger partial charge is 0.493 e. The fourth-order valence-electron chi connectivity index (χ4n) is 17.7. The summed E-state index contributed by atoms with van der Waals surface area (Å²) in [6.45, 7) is 29.3. The van der Waals surface area contributed by atoms with Gasteiger partial charge in [0.15, 0.2) is 20.0 Å². The molecule has 9 N–H and O–H groups in total. The predicted octanol–water partition coefficient (Wildman–Crippen LogP) is 16.7. The molecule has 1 saturated carbocycles. The highest BCUT2D eigenvalue weighted by Gasteiger charge is 2.42. The smallest absolute Gasteiger partial charge is 0.281 e. The van der Waals surface area contributed by atoms with Gasteiger partial charge in [0.05, 0.1) is 88.4 Å². The van der Waals surface area contributed by atoms with Crippen LogP contribution in [0.3, 0.4) is 0 Å². The van der Waals surface area contributed by atoms with E-state index in [1.807, 2.05) is 91.8 Å². The van der Waals surface area contributed by atoms with Crippen molar-refractivity contribution in [3.8, 4) is 68.2 Å². The minimum Gasteiger partial charge on any atom is -0.493 e. The van der Waals surface area contributed by atoms with Gasteiger partial charge in [-0.25, -0.2) is 66.0 Å². The molecule has 0 bridgehead atoms. The molecule has 17 rings (SSSR count). The molecule has 9 aromatic heterocycles. The third kappa shape index (κ3) is 29.3. The predicted molar refractivity (Wildman–Crippen MR) is 564 cm³/mol. The van der Waals surface area contributed by atoms with E-state index in [0.29, 0.717) is 174 Å². The number of anilines is 5. The Kier molecular flexibility index (Phi) is 36.3. The summed E-state index contributed by atoms with van der Waals surface area (Å²) in [6.07, 6.45) is 18.2. The molecule has 4 amide bonds. The number of pyridine rings is 7. The number of carbonyl (C=O) groups excluding carboxylic acids is 4. The van der Waals surface area contributed by atoms with Crippen LogP contribution in [0.4, 0.5) is 37.9 Å². The number of carbonyl (C=O) groups is 4. The molecular formula is C105H125ClF2N20O17S4. The average Bonchev–Trinajstić information content (AvgIpc) is 1.73. The Bertz CT molecular complexity index is 7280. The summed E-state index contributed by atoms with van der Waals surface area (Å²) in [7, 11) is -16.9. The highest BCUT2D eigenvalue weighted by molar-refractivity contribution is 7.91. The molecule has 5 fully saturated rings. The molecule has 5 aliphatic rings. The molecule has 149 heavy (non-hydrogen) atoms. The molecular weight excluding hydrogens is 2010 g/mol. The summed E-state index contributed by atoms with van der Waals surface area (Å²) >= 11 is 6.34. The molecule has 37 nitrogen and oxygen atoms in total. The van der Waals surface area contributed by atoms with E-state index in [0.717, 1.165) is 88.1 Å². The van der Waals surface area contributed by atoms with Gasteiger partial charge < -0.3 is 49.3 Å². The first-order valence-corrected chi connectivity index (χ1v) is 55.9. The number of piperidine rings is 3. The second-order valence-corrected chi connectivity index (χ2v) is 46.5. The lowest BCUT2D eigenvalue weighted by Gasteiger charge is -2.48. The van der Waals surface area contributed by atoms with Gasteiger partial charge in [-0.05, 0) is 240 Å². The first-order chi connectivity index (χ1) is 70.9. The number of aromatic amines is 3. The number of hydrogen-bond donors (Lipinski definition) is 8. The topological polar surface area (TPSA) is 496 Å². The van der Waals surface area contributed by atoms with Crippen molar-refractivity contribution in [2.24, 2.45) is 40.9 Å². The lowest BCUT2D eigenvalue weighted by atomic mass is 9.63. The average molecular weight is 2140 g/mol. The number of nitrogens with two attached hydrogens (primary N) is 1. The Morgan fingerprint density at radius 1 is 0.463 bits per heavy atom. The van der Waals surface area contributed by atoms with E-state index in [-0.39, 0.29) is 61.1 Å². The fourth-order valence-corrected chi connectivity index (χ4v) is 21.6. The first kappa shape index (κ1) is 111. The molecule has 13 heterocycles. The van der Waals surface area contributed by atoms with Crippen molar-refractivity contribution in [2.75, 3.05) is 97.5 Å². The Hall–Kier alpha value is -14.0. The van der Waals surface area contributed by atoms with E-state index >= 15 is 0 Å². The summed E-state index contributed by atoms with van der Waals surface area (Å²) in [6, 6.07) is 39.8. The zero-order chi connectivity index (χ0) is 107. The number of sulfonamides is 4. The van der Waals surface area contributed by atoms with Gasteiger partial charge in [-0.1, -0.05) is 105 Å². The molecule has 4 aliphatic heterocycles. The maximum absolute atomic E-state index is 14.5. The van der Waals surface area contributed by atoms with Crippen molar-refractivity contribution in [2.45, 2.75) is 179 Å². The third-order valence-corrected chi connectivity index (χ3v) is 30.8. The normalized spacial score (nSPS) is 16.0. The van der Waals surface area contributed by atoms with Gasteiger partial charge >= 0.3 is 0 Å². The number of benzene rings is 3. The van der Waals surface area contributed by atoms with E-state index in [4.69, 9.17) is 56.2 Å². The maximum atomic E-state index is 14.5. The minimum absolute atomic E-state index is 0.00714. The minimum atomic E-state index is -4.40. The van der Waals surface area contributed by atoms with Gasteiger partial charge in [0.25, 0.3) is 69.3 Å². The quantitative estimate of drug-likeness (QED) is 0.0200. The Morgan fingerprint density at radius 3 is 1.36 bits per heavy atom. The number of nitrogen functional groups attached to an aromatic ring is 1. The standard InChI is InChI=1S/C27H31ClN4O5S.C27H32FN5O4S.C26H32FN5O4S.C25H30N6O4S/c1-17(2)16-37-23-15-19(6-8-21(23)28)22-9-7-20(25(30-22)32-13-10-18(3)11-14-32)26(33)31-38(35,36)24-5-4-12-29-27(24)34;1-18(2)17-37-21-15-19(14-20(28)16-21)23-5-4-22(26(34)32-38(35,36)24-6-11-29-31-24)25(30-23)33-12-9-27(10-13-33)7-3-8-27;1-16(2)15-36-21-11-19(10-20(27)12-21)23-6-5-22(25(29-23)32-13-17(3)9-18(4)14-32)26(33)31-37(34,35)24-7-8-28-30-24;1-17(2)35-22-13-10-18(16-27-22)20-12-11-19(24(28-20)31-14-5-3-4-6-15-31)25(32)30-36(33,34)23-9-7-8-21(26)29-23/h4-9,12,15,17-18H,10-11,13-14,16H2,1-3H3,(H,29,34)(H,31,33);4-6,11,14-16,18H,3,7-10,12-13,17H2,1-2H3,(H,29,31)(H,32,34);5-8,10-12,16-18H,9,13-15H2,1-4H3,(H,28,30)(H,31,33);7-13,16-17H,3-6,14-15H2,1-2H3,(H2,26,29)(H,30,32). The van der Waals surface area contributed by atoms with Crippen LogP contribution in [-0.4, -0.2) is 191 Å². The van der Waals surface area contributed by atoms with Crippen LogP contribution in [0.1, 0.15) is 195 Å². The lowest BCUT2D eigenvalue weighted by molar-refractivity contribution is 0.0944. The molecule has 0 radical (unpaired) electrons. The summed E-state index contributed by atoms with van der Waals surface area (Å²) < 4.78 is 162. The van der Waals surface area contributed by atoms with Crippen LogP contribution >= 0.6 is 11.6 Å². The maximum Gasteiger partial charge on any atom is 0.281 e. The number of hydrogen-bond acceptors (Lipinski definition) is 30. The number of halogens is 3. The second-order valence-electron chi connectivity index (χ2n) is 39.5. The van der Waals surface area contributed by atoms with Crippen molar-refractivity contribution < 1.29 is 80.6 Å². The SMILES string of the molecule is CC(C)COc1cc(-c2ccc(C(=O)NS(=O)(=O)c3ccc[nH]c3=O)c(N3CCC(C)CC3)n2)ccc1Cl.CC(C)COc1cc(F)cc(-c2ccc(C(=O)NS(=O)(=O)c3ccn[nH]3)c(N3CC(C)CC(C)C3)n2)c1.CC(C)COc1cc(F)cc(-c2ccc(C(=O)NS(=O)(=O)c3ccn[nH]3)c(N3CCC4(CCC4)CC3)n2)c1.CC(C)Oc1ccc(-c2ccc(C(=O)NS(=O)(=O)c3cccc(N)n3)c(N3CCCCCC3)n2)cn1. The van der Waals surface area contributed by atoms with Crippen molar-refractivity contribution >= 4 is 104 Å². The van der Waals surface area contributed by atoms with Crippen molar-refractivity contribution in [3.05, 3.63) is 232 Å². The number of amides is 4.